The highest BCUT2D eigenvalue weighted by Gasteiger charge is 2.19. The molecule has 29 heavy (non-hydrogen) atoms. The van der Waals surface area contributed by atoms with E-state index in [0.29, 0.717) is 19.0 Å². The number of anilines is 2. The van der Waals surface area contributed by atoms with Gasteiger partial charge in [-0.15, -0.1) is 0 Å². The summed E-state index contributed by atoms with van der Waals surface area (Å²) in [6.07, 6.45) is 8.07. The van der Waals surface area contributed by atoms with E-state index in [4.69, 9.17) is 21.1 Å². The fraction of sp³-hybridized carbons (Fsp3) is 0.381. The maximum atomic E-state index is 6.10. The van der Waals surface area contributed by atoms with E-state index in [1.807, 2.05) is 23.0 Å². The maximum absolute atomic E-state index is 6.10. The predicted octanol–water partition coefficient (Wildman–Crippen LogP) is 4.51. The smallest absolute Gasteiger partial charge is 0.224 e. The minimum Gasteiger partial charge on any atom is -0.376 e. The Hall–Kier alpha value is -2.48. The number of aromatic nitrogens is 4. The summed E-state index contributed by atoms with van der Waals surface area (Å²) < 4.78 is 13.3. The van der Waals surface area contributed by atoms with Gasteiger partial charge in [-0.3, -0.25) is 0 Å². The largest absolute Gasteiger partial charge is 0.376 e. The average Bonchev–Trinajstić information content (AvgIpc) is 3.25. The molecule has 0 aliphatic carbocycles. The van der Waals surface area contributed by atoms with Gasteiger partial charge in [0.2, 0.25) is 5.28 Å². The van der Waals surface area contributed by atoms with Crippen LogP contribution in [0.3, 0.4) is 0 Å². The number of nitrogens with one attached hydrogen (secondary N) is 1. The second-order valence-corrected chi connectivity index (χ2v) is 7.64. The van der Waals surface area contributed by atoms with Crippen molar-refractivity contribution in [2.45, 2.75) is 38.5 Å². The van der Waals surface area contributed by atoms with Gasteiger partial charge in [0, 0.05) is 36.0 Å². The highest BCUT2D eigenvalue weighted by molar-refractivity contribution is 6.28. The molecule has 5 rings (SSSR count). The number of hydrogen-bond acceptors (Lipinski definition) is 6. The van der Waals surface area contributed by atoms with Gasteiger partial charge in [0.05, 0.1) is 25.1 Å². The van der Waals surface area contributed by atoms with E-state index >= 15 is 0 Å². The summed E-state index contributed by atoms with van der Waals surface area (Å²) in [6.45, 7) is 1.96. The molecule has 7 nitrogen and oxygen atoms in total. The van der Waals surface area contributed by atoms with Gasteiger partial charge in [-0.2, -0.15) is 5.10 Å². The van der Waals surface area contributed by atoms with Crippen LogP contribution < -0.4 is 5.32 Å². The molecule has 2 aliphatic heterocycles. The first-order chi connectivity index (χ1) is 14.3. The van der Waals surface area contributed by atoms with Crippen molar-refractivity contribution in [1.82, 2.24) is 19.7 Å². The van der Waals surface area contributed by atoms with E-state index < -0.39 is 0 Å². The number of hydrogen-bond donors (Lipinski definition) is 1. The van der Waals surface area contributed by atoms with E-state index in [9.17, 15) is 0 Å². The van der Waals surface area contributed by atoms with Crippen LogP contribution in [-0.4, -0.2) is 33.0 Å². The summed E-state index contributed by atoms with van der Waals surface area (Å²) in [5.41, 5.74) is 5.02. The van der Waals surface area contributed by atoms with Crippen molar-refractivity contribution in [3.63, 3.8) is 0 Å². The molecule has 0 amide bonds. The molecule has 1 atom stereocenters. The Balaban J connectivity index is 1.34. The lowest BCUT2D eigenvalue weighted by Crippen LogP contribution is -2.18. The second kappa shape index (κ2) is 8.10. The van der Waals surface area contributed by atoms with Crippen LogP contribution >= 0.6 is 11.6 Å². The molecule has 1 N–H and O–H groups in total. The maximum Gasteiger partial charge on any atom is 0.224 e. The second-order valence-electron chi connectivity index (χ2n) is 7.30. The Morgan fingerprint density at radius 3 is 2.79 bits per heavy atom. The number of ether oxygens (including phenoxy) is 2. The number of nitrogens with zero attached hydrogens (tertiary/aromatic N) is 4. The van der Waals surface area contributed by atoms with Crippen LogP contribution in [0.25, 0.3) is 11.1 Å². The molecule has 2 aliphatic rings. The Labute approximate surface area is 174 Å². The van der Waals surface area contributed by atoms with E-state index in [-0.39, 0.29) is 11.5 Å². The summed E-state index contributed by atoms with van der Waals surface area (Å²) >= 11 is 6.10. The van der Waals surface area contributed by atoms with E-state index in [1.54, 1.807) is 0 Å². The summed E-state index contributed by atoms with van der Waals surface area (Å²) in [4.78, 5) is 8.68. The van der Waals surface area contributed by atoms with Gasteiger partial charge in [-0.05, 0) is 48.6 Å². The Bertz CT molecular complexity index is 999. The van der Waals surface area contributed by atoms with Gasteiger partial charge in [0.1, 0.15) is 12.0 Å². The van der Waals surface area contributed by atoms with Gasteiger partial charge < -0.3 is 14.8 Å². The van der Waals surface area contributed by atoms with Crippen LogP contribution in [0.15, 0.2) is 36.7 Å². The van der Waals surface area contributed by atoms with Crippen molar-refractivity contribution >= 4 is 23.1 Å². The first-order valence-electron chi connectivity index (χ1n) is 9.92. The Morgan fingerprint density at radius 1 is 1.07 bits per heavy atom. The SMILES string of the molecule is Clc1nc2c(c(Nc3ccc(-c4cnn(C5CCCCO5)c4)cc3)n1)COCC2. The highest BCUT2D eigenvalue weighted by Crippen LogP contribution is 2.29. The van der Waals surface area contributed by atoms with Crippen molar-refractivity contribution in [3.8, 4) is 11.1 Å². The first-order valence-corrected chi connectivity index (χ1v) is 10.3. The van der Waals surface area contributed by atoms with Crippen molar-refractivity contribution in [2.75, 3.05) is 18.5 Å². The zero-order chi connectivity index (χ0) is 19.6. The van der Waals surface area contributed by atoms with Crippen LogP contribution in [0, 0.1) is 0 Å². The number of benzene rings is 1. The fourth-order valence-electron chi connectivity index (χ4n) is 3.76. The quantitative estimate of drug-likeness (QED) is 0.637. The van der Waals surface area contributed by atoms with Gasteiger partial charge in [0.25, 0.3) is 0 Å². The number of rotatable bonds is 4. The van der Waals surface area contributed by atoms with Gasteiger partial charge in [-0.1, -0.05) is 12.1 Å². The van der Waals surface area contributed by atoms with Gasteiger partial charge >= 0.3 is 0 Å². The molecule has 3 aromatic rings. The van der Waals surface area contributed by atoms with Crippen molar-refractivity contribution in [2.24, 2.45) is 0 Å². The lowest BCUT2D eigenvalue weighted by molar-refractivity contribution is -0.0394. The monoisotopic (exact) mass is 411 g/mol. The Morgan fingerprint density at radius 2 is 1.97 bits per heavy atom. The molecule has 1 fully saturated rings. The van der Waals surface area contributed by atoms with Crippen LogP contribution in [0.4, 0.5) is 11.5 Å². The van der Waals surface area contributed by atoms with Crippen LogP contribution in [0.2, 0.25) is 5.28 Å². The third-order valence-corrected chi connectivity index (χ3v) is 5.50. The molecule has 1 unspecified atom stereocenters. The summed E-state index contributed by atoms with van der Waals surface area (Å²) in [6, 6.07) is 8.18. The van der Waals surface area contributed by atoms with Crippen molar-refractivity contribution in [1.29, 1.82) is 0 Å². The third kappa shape index (κ3) is 3.99. The van der Waals surface area contributed by atoms with Crippen LogP contribution in [0.1, 0.15) is 36.7 Å². The van der Waals surface area contributed by atoms with Crippen LogP contribution in [0.5, 0.6) is 0 Å². The molecule has 8 heteroatoms. The molecule has 2 aromatic heterocycles. The lowest BCUT2D eigenvalue weighted by Gasteiger charge is -2.22. The van der Waals surface area contributed by atoms with Crippen LogP contribution in [-0.2, 0) is 22.5 Å². The van der Waals surface area contributed by atoms with E-state index in [1.165, 1.54) is 6.42 Å². The molecule has 1 saturated heterocycles. The molecule has 1 aromatic carbocycles. The zero-order valence-electron chi connectivity index (χ0n) is 16.0. The molecule has 0 radical (unpaired) electrons. The molecule has 0 saturated carbocycles. The molecule has 0 spiro atoms. The molecular formula is C21H22ClN5O2. The number of fused-ring (bicyclic) bond motifs is 1. The highest BCUT2D eigenvalue weighted by atomic mass is 35.5. The normalized spacial score (nSPS) is 19.0. The molecule has 150 valence electrons. The minimum absolute atomic E-state index is 0.0503. The topological polar surface area (TPSA) is 74.1 Å². The third-order valence-electron chi connectivity index (χ3n) is 5.33. The van der Waals surface area contributed by atoms with Crippen molar-refractivity contribution in [3.05, 3.63) is 53.2 Å². The first kappa shape index (κ1) is 18.5. The van der Waals surface area contributed by atoms with Crippen molar-refractivity contribution < 1.29 is 9.47 Å². The minimum atomic E-state index is 0.0503. The lowest BCUT2D eigenvalue weighted by atomic mass is 10.1. The fourth-order valence-corrected chi connectivity index (χ4v) is 3.95. The van der Waals surface area contributed by atoms with Gasteiger partial charge in [-0.25, -0.2) is 14.6 Å². The standard InChI is InChI=1S/C21H22ClN5O2/c22-21-25-18-8-10-28-13-17(18)20(26-21)24-16-6-4-14(5-7-16)15-11-23-27(12-15)19-3-1-2-9-29-19/h4-7,11-12,19H,1-3,8-10,13H2,(H,24,25,26). The summed E-state index contributed by atoms with van der Waals surface area (Å²) in [5, 5.41) is 8.10. The molecule has 0 bridgehead atoms. The van der Waals surface area contributed by atoms with E-state index in [2.05, 4.69) is 38.7 Å². The Kier molecular flexibility index (Phi) is 5.18. The average molecular weight is 412 g/mol. The zero-order valence-corrected chi connectivity index (χ0v) is 16.7. The predicted molar refractivity (Wildman–Crippen MR) is 110 cm³/mol. The summed E-state index contributed by atoms with van der Waals surface area (Å²) in [5.74, 6) is 0.703. The van der Waals surface area contributed by atoms with Gasteiger partial charge in [0.15, 0.2) is 0 Å². The summed E-state index contributed by atoms with van der Waals surface area (Å²) in [7, 11) is 0. The van der Waals surface area contributed by atoms with E-state index in [0.717, 1.165) is 53.9 Å². The number of halogens is 1. The molecular weight excluding hydrogens is 390 g/mol. The molecule has 4 heterocycles.